The number of carbonyl (C=O) groups is 2. The van der Waals surface area contributed by atoms with Crippen LogP contribution >= 0.6 is 0 Å². The lowest BCUT2D eigenvalue weighted by Gasteiger charge is -2.40. The number of rotatable bonds is 11. The Hall–Kier alpha value is -3.22. The quantitative estimate of drug-likeness (QED) is 0.606. The molecule has 28 heavy (non-hydrogen) atoms. The van der Waals surface area contributed by atoms with E-state index in [0.29, 0.717) is 38.0 Å². The molecule has 0 saturated heterocycles. The van der Waals surface area contributed by atoms with Gasteiger partial charge in [-0.1, -0.05) is 19.1 Å². The molecule has 2 aromatic rings. The van der Waals surface area contributed by atoms with Crippen LogP contribution in [0, 0.1) is 0 Å². The number of pyridine rings is 1. The molecule has 0 aromatic carbocycles. The number of carbonyl (C=O) groups excluding carboxylic acids is 2. The van der Waals surface area contributed by atoms with Crippen molar-refractivity contribution in [2.75, 3.05) is 13.1 Å². The van der Waals surface area contributed by atoms with Gasteiger partial charge in [0.05, 0.1) is 6.33 Å². The minimum Gasteiger partial charge on any atom is -0.350 e. The molecule has 2 aromatic heterocycles. The zero-order valence-corrected chi connectivity index (χ0v) is 16.3. The topological polar surface area (TPSA) is 80.1 Å². The molecule has 1 unspecified atom stereocenters. The first kappa shape index (κ1) is 21.1. The number of nitrogens with one attached hydrogen (secondary N) is 1. The molecule has 0 saturated carbocycles. The summed E-state index contributed by atoms with van der Waals surface area (Å²) >= 11 is 0. The van der Waals surface area contributed by atoms with Gasteiger partial charge in [-0.05, 0) is 25.0 Å². The molecule has 1 atom stereocenters. The van der Waals surface area contributed by atoms with Crippen LogP contribution in [0.2, 0.25) is 0 Å². The van der Waals surface area contributed by atoms with Crippen LogP contribution in [0.1, 0.15) is 30.1 Å². The van der Waals surface area contributed by atoms with Crippen LogP contribution in [0.25, 0.3) is 0 Å². The lowest BCUT2D eigenvalue weighted by Crippen LogP contribution is -2.59. The van der Waals surface area contributed by atoms with Crippen molar-refractivity contribution < 1.29 is 9.59 Å². The Morgan fingerprint density at radius 3 is 2.57 bits per heavy atom. The third kappa shape index (κ3) is 4.73. The fourth-order valence-corrected chi connectivity index (χ4v) is 3.10. The largest absolute Gasteiger partial charge is 0.350 e. The highest BCUT2D eigenvalue weighted by Gasteiger charge is 2.42. The molecule has 7 nitrogen and oxygen atoms in total. The van der Waals surface area contributed by atoms with Crippen LogP contribution in [0.15, 0.2) is 68.6 Å². The first-order valence-electron chi connectivity index (χ1n) is 9.29. The maximum absolute atomic E-state index is 13.3. The van der Waals surface area contributed by atoms with Crippen molar-refractivity contribution in [1.82, 2.24) is 24.8 Å². The normalized spacial score (nSPS) is 12.6. The Bertz CT molecular complexity index is 788. The Morgan fingerprint density at radius 1 is 1.25 bits per heavy atom. The Balaban J connectivity index is 2.32. The van der Waals surface area contributed by atoms with E-state index in [9.17, 15) is 9.59 Å². The molecule has 0 fully saturated rings. The predicted octanol–water partition coefficient (Wildman–Crippen LogP) is 2.45. The van der Waals surface area contributed by atoms with Crippen LogP contribution in [-0.4, -0.2) is 49.9 Å². The second-order valence-electron chi connectivity index (χ2n) is 6.33. The fraction of sp³-hybridized carbons (Fsp3) is 0.333. The van der Waals surface area contributed by atoms with Gasteiger partial charge in [0.25, 0.3) is 5.91 Å². The first-order valence-corrected chi connectivity index (χ1v) is 9.29. The van der Waals surface area contributed by atoms with E-state index in [4.69, 9.17) is 0 Å². The van der Waals surface area contributed by atoms with Crippen molar-refractivity contribution >= 4 is 11.8 Å². The summed E-state index contributed by atoms with van der Waals surface area (Å²) in [6.07, 6.45) is 12.7. The molecule has 0 aliphatic heterocycles. The number of imidazole rings is 1. The summed E-state index contributed by atoms with van der Waals surface area (Å²) < 4.78 is 1.94. The third-order valence-corrected chi connectivity index (χ3v) is 4.69. The minimum absolute atomic E-state index is 0.233. The molecule has 148 valence electrons. The molecule has 0 radical (unpaired) electrons. The van der Waals surface area contributed by atoms with E-state index < -0.39 is 5.54 Å². The van der Waals surface area contributed by atoms with Gasteiger partial charge in [-0.15, -0.1) is 13.2 Å². The number of hydrogen-bond donors (Lipinski definition) is 1. The van der Waals surface area contributed by atoms with E-state index in [1.165, 1.54) is 0 Å². The van der Waals surface area contributed by atoms with Crippen LogP contribution in [0.5, 0.6) is 0 Å². The standard InChI is InChI=1S/C21H27N5O2/c1-4-10-24-20(28)21(5-2,6-3)26(15-7-14-25-16-13-23-17-25)19(27)18-8-11-22-12-9-18/h4-5,8-9,11-13,16-17H,1-2,6-7,10,14-15H2,3H3,(H,24,28). The van der Waals surface area contributed by atoms with Crippen molar-refractivity contribution in [1.29, 1.82) is 0 Å². The molecule has 2 heterocycles. The minimum atomic E-state index is -1.15. The van der Waals surface area contributed by atoms with Crippen LogP contribution in [-0.2, 0) is 11.3 Å². The zero-order valence-electron chi connectivity index (χ0n) is 16.3. The Kier molecular flexibility index (Phi) is 7.68. The van der Waals surface area contributed by atoms with Crippen LogP contribution in [0.3, 0.4) is 0 Å². The highest BCUT2D eigenvalue weighted by molar-refractivity contribution is 6.00. The molecule has 0 spiro atoms. The van der Waals surface area contributed by atoms with E-state index in [0.717, 1.165) is 0 Å². The Morgan fingerprint density at radius 2 is 2.00 bits per heavy atom. The van der Waals surface area contributed by atoms with Gasteiger partial charge >= 0.3 is 0 Å². The lowest BCUT2D eigenvalue weighted by molar-refractivity contribution is -0.129. The highest BCUT2D eigenvalue weighted by atomic mass is 16.2. The van der Waals surface area contributed by atoms with Gasteiger partial charge in [-0.2, -0.15) is 0 Å². The van der Waals surface area contributed by atoms with Gasteiger partial charge < -0.3 is 14.8 Å². The summed E-state index contributed by atoms with van der Waals surface area (Å²) in [6.45, 7) is 10.8. The lowest BCUT2D eigenvalue weighted by atomic mass is 9.91. The van der Waals surface area contributed by atoms with Crippen molar-refractivity contribution in [3.05, 3.63) is 74.1 Å². The predicted molar refractivity (Wildman–Crippen MR) is 109 cm³/mol. The van der Waals surface area contributed by atoms with E-state index in [1.807, 2.05) is 17.7 Å². The van der Waals surface area contributed by atoms with Gasteiger partial charge in [0.1, 0.15) is 5.54 Å². The van der Waals surface area contributed by atoms with E-state index in [-0.39, 0.29) is 11.8 Å². The van der Waals surface area contributed by atoms with Crippen molar-refractivity contribution in [2.24, 2.45) is 0 Å². The molecule has 2 amide bonds. The number of aryl methyl sites for hydroxylation is 1. The van der Waals surface area contributed by atoms with Crippen molar-refractivity contribution in [2.45, 2.75) is 31.8 Å². The molecule has 7 heteroatoms. The molecule has 1 N–H and O–H groups in total. The molecular formula is C21H27N5O2. The number of aromatic nitrogens is 3. The molecule has 0 aliphatic rings. The summed E-state index contributed by atoms with van der Waals surface area (Å²) in [6, 6.07) is 3.30. The average Bonchev–Trinajstić information content (AvgIpc) is 3.25. The first-order chi connectivity index (χ1) is 13.6. The van der Waals surface area contributed by atoms with Crippen molar-refractivity contribution in [3.8, 4) is 0 Å². The molecular weight excluding hydrogens is 354 g/mol. The van der Waals surface area contributed by atoms with Crippen molar-refractivity contribution in [3.63, 3.8) is 0 Å². The number of amides is 2. The molecule has 2 rings (SSSR count). The van der Waals surface area contributed by atoms with Gasteiger partial charge in [0.15, 0.2) is 0 Å². The maximum atomic E-state index is 13.3. The summed E-state index contributed by atoms with van der Waals surface area (Å²) in [5.41, 5.74) is -0.674. The monoisotopic (exact) mass is 381 g/mol. The highest BCUT2D eigenvalue weighted by Crippen LogP contribution is 2.25. The summed E-state index contributed by atoms with van der Waals surface area (Å²) in [4.78, 5) is 35.9. The van der Waals surface area contributed by atoms with Gasteiger partial charge in [-0.25, -0.2) is 4.98 Å². The number of hydrogen-bond acceptors (Lipinski definition) is 4. The van der Waals surface area contributed by atoms with Crippen LogP contribution in [0.4, 0.5) is 0 Å². The SMILES string of the molecule is C=CCNC(=O)C(C=C)(CC)N(CCCn1ccnc1)C(=O)c1ccncc1. The maximum Gasteiger partial charge on any atom is 0.255 e. The van der Waals surface area contributed by atoms with Gasteiger partial charge in [0, 0.05) is 50.0 Å². The fourth-order valence-electron chi connectivity index (χ4n) is 3.10. The summed E-state index contributed by atoms with van der Waals surface area (Å²) in [5.74, 6) is -0.501. The molecule has 0 bridgehead atoms. The van der Waals surface area contributed by atoms with E-state index >= 15 is 0 Å². The van der Waals surface area contributed by atoms with Gasteiger partial charge in [0.2, 0.25) is 5.91 Å². The number of nitrogens with zero attached hydrogens (tertiary/aromatic N) is 4. The van der Waals surface area contributed by atoms with Gasteiger partial charge in [-0.3, -0.25) is 14.6 Å². The Labute approximate surface area is 165 Å². The molecule has 0 aliphatic carbocycles. The summed E-state index contributed by atoms with van der Waals surface area (Å²) in [5, 5.41) is 2.82. The average molecular weight is 381 g/mol. The van der Waals surface area contributed by atoms with E-state index in [2.05, 4.69) is 28.4 Å². The third-order valence-electron chi connectivity index (χ3n) is 4.69. The zero-order chi connectivity index (χ0) is 20.4. The van der Waals surface area contributed by atoms with E-state index in [1.54, 1.807) is 54.1 Å². The second-order valence-corrected chi connectivity index (χ2v) is 6.33. The second kappa shape index (κ2) is 10.2. The smallest absolute Gasteiger partial charge is 0.255 e. The summed E-state index contributed by atoms with van der Waals surface area (Å²) in [7, 11) is 0. The van der Waals surface area contributed by atoms with Crippen LogP contribution < -0.4 is 5.32 Å².